The number of aliphatic hydroxyl groups is 2. The summed E-state index contributed by atoms with van der Waals surface area (Å²) in [5.41, 5.74) is 0. The molecule has 4 heteroatoms. The summed E-state index contributed by atoms with van der Waals surface area (Å²) in [4.78, 5) is 0. The fourth-order valence-corrected chi connectivity index (χ4v) is 0.183. The molecule has 0 amide bonds. The van der Waals surface area contributed by atoms with E-state index < -0.39 is 0 Å². The predicted molar refractivity (Wildman–Crippen MR) is 51.2 cm³/mol. The van der Waals surface area contributed by atoms with Crippen molar-refractivity contribution in [3.8, 4) is 0 Å². The molecule has 0 aromatic heterocycles. The number of nitrogens with one attached hydrogen (secondary N) is 2. The standard InChI is InChI=1S/2C4H11NO/c2*1-4(3-6)5-2/h2*4-6H,3H2,1-2H3. The molecule has 4 nitrogen and oxygen atoms in total. The average Bonchev–Trinajstić information content (AvgIpc) is 2.16. The van der Waals surface area contributed by atoms with Gasteiger partial charge >= 0.3 is 0 Å². The van der Waals surface area contributed by atoms with Crippen molar-refractivity contribution in [3.63, 3.8) is 0 Å². The maximum atomic E-state index is 8.27. The van der Waals surface area contributed by atoms with Crippen LogP contribution in [-0.2, 0) is 0 Å². The summed E-state index contributed by atoms with van der Waals surface area (Å²) < 4.78 is 0. The Balaban J connectivity index is 0. The van der Waals surface area contributed by atoms with Crippen LogP contribution in [0.3, 0.4) is 0 Å². The minimum atomic E-state index is 0.219. The molecular weight excluding hydrogens is 156 g/mol. The highest BCUT2D eigenvalue weighted by atomic mass is 16.3. The zero-order valence-corrected chi connectivity index (χ0v) is 8.46. The Morgan fingerprint density at radius 1 is 0.917 bits per heavy atom. The van der Waals surface area contributed by atoms with Gasteiger partial charge in [0.05, 0.1) is 13.2 Å². The molecule has 0 saturated heterocycles. The number of likely N-dealkylation sites (N-methyl/N-ethyl adjacent to an activating group) is 2. The van der Waals surface area contributed by atoms with Gasteiger partial charge in [-0.3, -0.25) is 0 Å². The largest absolute Gasteiger partial charge is 0.395 e. The van der Waals surface area contributed by atoms with Crippen LogP contribution < -0.4 is 10.6 Å². The second-order valence-electron chi connectivity index (χ2n) is 2.74. The van der Waals surface area contributed by atoms with Gasteiger partial charge in [0.1, 0.15) is 0 Å². The Morgan fingerprint density at radius 3 is 1.17 bits per heavy atom. The van der Waals surface area contributed by atoms with Crippen molar-refractivity contribution >= 4 is 0 Å². The maximum Gasteiger partial charge on any atom is 0.0581 e. The van der Waals surface area contributed by atoms with Gasteiger partial charge in [0.25, 0.3) is 0 Å². The van der Waals surface area contributed by atoms with E-state index in [1.54, 1.807) is 0 Å². The van der Waals surface area contributed by atoms with Gasteiger partial charge in [-0.2, -0.15) is 0 Å². The van der Waals surface area contributed by atoms with Gasteiger partial charge in [-0.05, 0) is 27.9 Å². The van der Waals surface area contributed by atoms with E-state index >= 15 is 0 Å². The highest BCUT2D eigenvalue weighted by Crippen LogP contribution is 1.70. The van der Waals surface area contributed by atoms with E-state index in [0.29, 0.717) is 0 Å². The summed E-state index contributed by atoms with van der Waals surface area (Å²) in [5.74, 6) is 0. The van der Waals surface area contributed by atoms with Crippen molar-refractivity contribution in [3.05, 3.63) is 0 Å². The molecule has 0 spiro atoms. The van der Waals surface area contributed by atoms with E-state index in [1.165, 1.54) is 0 Å². The molecule has 0 fully saturated rings. The maximum absolute atomic E-state index is 8.27. The normalized spacial score (nSPS) is 14.5. The molecule has 0 bridgehead atoms. The van der Waals surface area contributed by atoms with Crippen LogP contribution in [0.5, 0.6) is 0 Å². The van der Waals surface area contributed by atoms with Gasteiger partial charge in [-0.25, -0.2) is 0 Å². The molecule has 0 radical (unpaired) electrons. The molecule has 0 heterocycles. The third kappa shape index (κ3) is 12.5. The highest BCUT2D eigenvalue weighted by molar-refractivity contribution is 4.50. The van der Waals surface area contributed by atoms with Gasteiger partial charge in [0.2, 0.25) is 0 Å². The smallest absolute Gasteiger partial charge is 0.0581 e. The van der Waals surface area contributed by atoms with Gasteiger partial charge in [0, 0.05) is 12.1 Å². The van der Waals surface area contributed by atoms with Gasteiger partial charge in [-0.15, -0.1) is 0 Å². The molecule has 12 heavy (non-hydrogen) atoms. The van der Waals surface area contributed by atoms with Crippen molar-refractivity contribution in [1.82, 2.24) is 10.6 Å². The van der Waals surface area contributed by atoms with E-state index in [4.69, 9.17) is 10.2 Å². The van der Waals surface area contributed by atoms with Crippen molar-refractivity contribution in [2.24, 2.45) is 0 Å². The van der Waals surface area contributed by atoms with Gasteiger partial charge in [-0.1, -0.05) is 0 Å². The summed E-state index contributed by atoms with van der Waals surface area (Å²) in [6.07, 6.45) is 0. The first-order valence-electron chi connectivity index (χ1n) is 4.18. The van der Waals surface area contributed by atoms with Crippen molar-refractivity contribution in [1.29, 1.82) is 0 Å². The molecule has 2 unspecified atom stereocenters. The third-order valence-corrected chi connectivity index (χ3v) is 1.53. The van der Waals surface area contributed by atoms with Gasteiger partial charge < -0.3 is 20.8 Å². The SMILES string of the molecule is CNC(C)CO.CNC(C)CO. The van der Waals surface area contributed by atoms with Crippen molar-refractivity contribution in [2.45, 2.75) is 25.9 Å². The predicted octanol–water partition coefficient (Wildman–Crippen LogP) is -0.827. The molecule has 76 valence electrons. The lowest BCUT2D eigenvalue weighted by atomic mass is 10.4. The molecule has 0 rings (SSSR count). The molecule has 0 aliphatic rings. The second-order valence-corrected chi connectivity index (χ2v) is 2.74. The Bertz CT molecular complexity index is 63.5. The van der Waals surface area contributed by atoms with E-state index in [1.807, 2.05) is 27.9 Å². The van der Waals surface area contributed by atoms with Crippen LogP contribution in [0.25, 0.3) is 0 Å². The molecule has 0 saturated carbocycles. The Hall–Kier alpha value is -0.160. The second kappa shape index (κ2) is 10.8. The zero-order chi connectivity index (χ0) is 9.98. The van der Waals surface area contributed by atoms with Crippen LogP contribution in [0.2, 0.25) is 0 Å². The van der Waals surface area contributed by atoms with Crippen LogP contribution >= 0.6 is 0 Å². The van der Waals surface area contributed by atoms with Crippen LogP contribution in [-0.4, -0.2) is 49.6 Å². The lowest BCUT2D eigenvalue weighted by molar-refractivity contribution is 0.257. The van der Waals surface area contributed by atoms with Crippen LogP contribution in [0.1, 0.15) is 13.8 Å². The van der Waals surface area contributed by atoms with Crippen LogP contribution in [0.15, 0.2) is 0 Å². The molecule has 0 aromatic rings. The lowest BCUT2D eigenvalue weighted by Crippen LogP contribution is -2.24. The summed E-state index contributed by atoms with van der Waals surface area (Å²) >= 11 is 0. The molecular formula is C8H22N2O2. The lowest BCUT2D eigenvalue weighted by Gasteiger charge is -2.01. The molecule has 0 aliphatic carbocycles. The van der Waals surface area contributed by atoms with Crippen molar-refractivity contribution in [2.75, 3.05) is 27.3 Å². The number of aliphatic hydroxyl groups excluding tert-OH is 2. The fourth-order valence-electron chi connectivity index (χ4n) is 0.183. The molecule has 4 N–H and O–H groups in total. The Labute approximate surface area is 75.0 Å². The van der Waals surface area contributed by atoms with Crippen LogP contribution in [0.4, 0.5) is 0 Å². The van der Waals surface area contributed by atoms with E-state index in [0.717, 1.165) is 0 Å². The Morgan fingerprint density at radius 2 is 1.17 bits per heavy atom. The fraction of sp³-hybridized carbons (Fsp3) is 1.00. The molecule has 2 atom stereocenters. The monoisotopic (exact) mass is 178 g/mol. The first-order chi connectivity index (χ1) is 5.62. The highest BCUT2D eigenvalue weighted by Gasteiger charge is 1.88. The van der Waals surface area contributed by atoms with Crippen LogP contribution in [0, 0.1) is 0 Å². The summed E-state index contributed by atoms with van der Waals surface area (Å²) in [6, 6.07) is 0.481. The number of hydrogen-bond acceptors (Lipinski definition) is 4. The first-order valence-corrected chi connectivity index (χ1v) is 4.18. The summed E-state index contributed by atoms with van der Waals surface area (Å²) in [5, 5.41) is 22.3. The van der Waals surface area contributed by atoms with Gasteiger partial charge in [0.15, 0.2) is 0 Å². The minimum absolute atomic E-state index is 0.219. The number of hydrogen-bond donors (Lipinski definition) is 4. The quantitative estimate of drug-likeness (QED) is 0.454. The number of rotatable bonds is 4. The van der Waals surface area contributed by atoms with E-state index in [9.17, 15) is 0 Å². The summed E-state index contributed by atoms with van der Waals surface area (Å²) in [7, 11) is 3.64. The Kier molecular flexibility index (Phi) is 13.0. The first kappa shape index (κ1) is 14.4. The minimum Gasteiger partial charge on any atom is -0.395 e. The van der Waals surface area contributed by atoms with E-state index in [2.05, 4.69) is 10.6 Å². The topological polar surface area (TPSA) is 64.5 Å². The third-order valence-electron chi connectivity index (χ3n) is 1.53. The van der Waals surface area contributed by atoms with Crippen molar-refractivity contribution < 1.29 is 10.2 Å². The zero-order valence-electron chi connectivity index (χ0n) is 8.46. The average molecular weight is 178 g/mol. The van der Waals surface area contributed by atoms with E-state index in [-0.39, 0.29) is 25.3 Å². The molecule has 0 aliphatic heterocycles. The summed E-state index contributed by atoms with van der Waals surface area (Å²) in [6.45, 7) is 4.27. The molecule has 0 aromatic carbocycles.